The minimum atomic E-state index is -3.49. The van der Waals surface area contributed by atoms with E-state index in [4.69, 9.17) is 14.6 Å². The van der Waals surface area contributed by atoms with Crippen molar-refractivity contribution in [3.05, 3.63) is 17.7 Å². The molecule has 0 bridgehead atoms. The van der Waals surface area contributed by atoms with Gasteiger partial charge in [0.05, 0.1) is 4.90 Å². The van der Waals surface area contributed by atoms with Crippen molar-refractivity contribution in [1.29, 1.82) is 0 Å². The van der Waals surface area contributed by atoms with Crippen LogP contribution < -0.4 is 9.47 Å². The highest BCUT2D eigenvalue weighted by Gasteiger charge is 2.24. The molecule has 0 saturated carbocycles. The smallest absolute Gasteiger partial charge is 0.339 e. The van der Waals surface area contributed by atoms with Crippen molar-refractivity contribution >= 4 is 15.8 Å². The predicted molar refractivity (Wildman–Crippen MR) is 57.5 cm³/mol. The highest BCUT2D eigenvalue weighted by molar-refractivity contribution is 7.90. The molecule has 7 heteroatoms. The molecule has 0 aromatic heterocycles. The summed E-state index contributed by atoms with van der Waals surface area (Å²) in [5.74, 6) is -1.02. The Morgan fingerprint density at radius 1 is 1.29 bits per heavy atom. The van der Waals surface area contributed by atoms with E-state index in [1.807, 2.05) is 0 Å². The molecule has 0 saturated heterocycles. The lowest BCUT2D eigenvalue weighted by Gasteiger charge is -2.20. The van der Waals surface area contributed by atoms with Crippen LogP contribution in [0.25, 0.3) is 0 Å². The molecule has 1 aliphatic rings. The summed E-state index contributed by atoms with van der Waals surface area (Å²) in [7, 11) is -3.49. The second kappa shape index (κ2) is 3.92. The SMILES string of the molecule is CS(=O)(=O)c1cc2c(c(C(=O)O)c1)OCCO2. The lowest BCUT2D eigenvalue weighted by molar-refractivity contribution is 0.0685. The van der Waals surface area contributed by atoms with E-state index < -0.39 is 15.8 Å². The van der Waals surface area contributed by atoms with Crippen molar-refractivity contribution in [3.8, 4) is 11.5 Å². The van der Waals surface area contributed by atoms with Gasteiger partial charge >= 0.3 is 5.97 Å². The Morgan fingerprint density at radius 3 is 2.53 bits per heavy atom. The normalized spacial score (nSPS) is 14.4. The number of hydrogen-bond acceptors (Lipinski definition) is 5. The Morgan fingerprint density at radius 2 is 1.94 bits per heavy atom. The summed E-state index contributed by atoms with van der Waals surface area (Å²) in [4.78, 5) is 10.9. The molecule has 0 atom stereocenters. The van der Waals surface area contributed by atoms with Gasteiger partial charge in [-0.1, -0.05) is 0 Å². The minimum absolute atomic E-state index is 0.0798. The van der Waals surface area contributed by atoms with Gasteiger partial charge in [-0.2, -0.15) is 0 Å². The van der Waals surface area contributed by atoms with Crippen LogP contribution in [-0.4, -0.2) is 39.0 Å². The third kappa shape index (κ3) is 2.19. The first-order valence-corrected chi connectivity index (χ1v) is 6.66. The van der Waals surface area contributed by atoms with Gasteiger partial charge < -0.3 is 14.6 Å². The lowest BCUT2D eigenvalue weighted by Crippen LogP contribution is -2.18. The van der Waals surface area contributed by atoms with Crippen molar-refractivity contribution < 1.29 is 27.8 Å². The molecule has 1 aliphatic heterocycles. The van der Waals surface area contributed by atoms with Gasteiger partial charge in [0, 0.05) is 12.3 Å². The first kappa shape index (κ1) is 11.7. The van der Waals surface area contributed by atoms with Gasteiger partial charge in [-0.3, -0.25) is 0 Å². The highest BCUT2D eigenvalue weighted by atomic mass is 32.2. The molecule has 0 aliphatic carbocycles. The van der Waals surface area contributed by atoms with Gasteiger partial charge in [-0.05, 0) is 6.07 Å². The van der Waals surface area contributed by atoms with E-state index in [2.05, 4.69) is 0 Å². The zero-order valence-electron chi connectivity index (χ0n) is 8.97. The predicted octanol–water partition coefficient (Wildman–Crippen LogP) is 0.560. The van der Waals surface area contributed by atoms with Gasteiger partial charge in [0.25, 0.3) is 0 Å². The zero-order chi connectivity index (χ0) is 12.6. The van der Waals surface area contributed by atoms with Crippen LogP contribution in [0.1, 0.15) is 10.4 Å². The molecule has 92 valence electrons. The van der Waals surface area contributed by atoms with Crippen LogP contribution in [0.15, 0.2) is 17.0 Å². The fourth-order valence-corrected chi connectivity index (χ4v) is 2.15. The first-order valence-electron chi connectivity index (χ1n) is 4.76. The molecule has 17 heavy (non-hydrogen) atoms. The monoisotopic (exact) mass is 258 g/mol. The molecule has 6 nitrogen and oxygen atoms in total. The Bertz CT molecular complexity index is 575. The van der Waals surface area contributed by atoms with Crippen molar-refractivity contribution in [2.24, 2.45) is 0 Å². The third-order valence-corrected chi connectivity index (χ3v) is 3.37. The number of benzene rings is 1. The number of hydrogen-bond donors (Lipinski definition) is 1. The van der Waals surface area contributed by atoms with E-state index in [9.17, 15) is 13.2 Å². The number of carbonyl (C=O) groups is 1. The lowest BCUT2D eigenvalue weighted by atomic mass is 10.2. The second-order valence-corrected chi connectivity index (χ2v) is 5.59. The Hall–Kier alpha value is -1.76. The average molecular weight is 258 g/mol. The van der Waals surface area contributed by atoms with Crippen LogP contribution in [0, 0.1) is 0 Å². The third-order valence-electron chi connectivity index (χ3n) is 2.27. The van der Waals surface area contributed by atoms with Crippen LogP contribution in [0.2, 0.25) is 0 Å². The van der Waals surface area contributed by atoms with Gasteiger partial charge in [0.2, 0.25) is 0 Å². The van der Waals surface area contributed by atoms with Crippen LogP contribution in [0.4, 0.5) is 0 Å². The summed E-state index contributed by atoms with van der Waals surface area (Å²) in [6.07, 6.45) is 1.00. The van der Waals surface area contributed by atoms with Gasteiger partial charge in [0.15, 0.2) is 21.3 Å². The number of aromatic carboxylic acids is 1. The maximum absolute atomic E-state index is 11.4. The molecule has 0 amide bonds. The molecule has 0 unspecified atom stereocenters. The van der Waals surface area contributed by atoms with Crippen molar-refractivity contribution in [3.63, 3.8) is 0 Å². The van der Waals surface area contributed by atoms with E-state index in [-0.39, 0.29) is 35.2 Å². The van der Waals surface area contributed by atoms with Crippen molar-refractivity contribution in [2.45, 2.75) is 4.90 Å². The highest BCUT2D eigenvalue weighted by Crippen LogP contribution is 2.36. The maximum atomic E-state index is 11.4. The summed E-state index contributed by atoms with van der Waals surface area (Å²) >= 11 is 0. The number of ether oxygens (including phenoxy) is 2. The number of carboxylic acids is 1. The summed E-state index contributed by atoms with van der Waals surface area (Å²) in [5, 5.41) is 9.00. The quantitative estimate of drug-likeness (QED) is 0.833. The second-order valence-electron chi connectivity index (χ2n) is 3.57. The van der Waals surface area contributed by atoms with Gasteiger partial charge in [0.1, 0.15) is 18.8 Å². The van der Waals surface area contributed by atoms with E-state index in [1.165, 1.54) is 6.07 Å². The van der Waals surface area contributed by atoms with Crippen LogP contribution in [-0.2, 0) is 9.84 Å². The molecule has 0 radical (unpaired) electrons. The largest absolute Gasteiger partial charge is 0.486 e. The molecular formula is C10H10O6S. The molecule has 0 fully saturated rings. The van der Waals surface area contributed by atoms with Crippen molar-refractivity contribution in [2.75, 3.05) is 19.5 Å². The van der Waals surface area contributed by atoms with Crippen LogP contribution in [0.5, 0.6) is 11.5 Å². The number of fused-ring (bicyclic) bond motifs is 1. The van der Waals surface area contributed by atoms with E-state index in [1.54, 1.807) is 0 Å². The van der Waals surface area contributed by atoms with Crippen molar-refractivity contribution in [1.82, 2.24) is 0 Å². The number of rotatable bonds is 2. The fraction of sp³-hybridized carbons (Fsp3) is 0.300. The van der Waals surface area contributed by atoms with E-state index >= 15 is 0 Å². The maximum Gasteiger partial charge on any atom is 0.339 e. The van der Waals surface area contributed by atoms with Crippen LogP contribution in [0.3, 0.4) is 0 Å². The molecule has 1 N–H and O–H groups in total. The molecular weight excluding hydrogens is 248 g/mol. The minimum Gasteiger partial charge on any atom is -0.486 e. The summed E-state index contributed by atoms with van der Waals surface area (Å²) < 4.78 is 33.2. The number of sulfone groups is 1. The topological polar surface area (TPSA) is 89.9 Å². The summed E-state index contributed by atoms with van der Waals surface area (Å²) in [5.41, 5.74) is -0.206. The standard InChI is InChI=1S/C10H10O6S/c1-17(13,14)6-4-7(10(11)12)9-8(5-6)15-2-3-16-9/h4-5H,2-3H2,1H3,(H,11,12). The Kier molecular flexibility index (Phi) is 2.70. The van der Waals surface area contributed by atoms with Gasteiger partial charge in [-0.25, -0.2) is 13.2 Å². The molecule has 0 spiro atoms. The Balaban J connectivity index is 2.69. The van der Waals surface area contributed by atoms with E-state index in [0.717, 1.165) is 12.3 Å². The average Bonchev–Trinajstić information content (AvgIpc) is 2.26. The summed E-state index contributed by atoms with van der Waals surface area (Å²) in [6.45, 7) is 0.505. The van der Waals surface area contributed by atoms with Gasteiger partial charge in [-0.15, -0.1) is 0 Å². The zero-order valence-corrected chi connectivity index (χ0v) is 9.78. The first-order chi connectivity index (χ1) is 7.89. The molecule has 1 aromatic carbocycles. The van der Waals surface area contributed by atoms with E-state index in [0.29, 0.717) is 0 Å². The Labute approximate surface area is 97.7 Å². The molecule has 1 aromatic rings. The van der Waals surface area contributed by atoms with Crippen LogP contribution >= 0.6 is 0 Å². The fourth-order valence-electron chi connectivity index (χ4n) is 1.50. The number of carboxylic acid groups (broad SMARTS) is 1. The molecule has 1 heterocycles. The molecule has 2 rings (SSSR count). The summed E-state index contributed by atoms with van der Waals surface area (Å²) in [6, 6.07) is 2.35.